The van der Waals surface area contributed by atoms with Gasteiger partial charge in [-0.05, 0) is 24.8 Å². The van der Waals surface area contributed by atoms with E-state index in [1.165, 1.54) is 5.56 Å². The highest BCUT2D eigenvalue weighted by atomic mass is 15.0. The van der Waals surface area contributed by atoms with Crippen LogP contribution in [0, 0.1) is 5.41 Å². The summed E-state index contributed by atoms with van der Waals surface area (Å²) in [5, 5.41) is 3.64. The molecule has 0 bridgehead atoms. The van der Waals surface area contributed by atoms with Crippen molar-refractivity contribution in [2.24, 2.45) is 5.41 Å². The van der Waals surface area contributed by atoms with Gasteiger partial charge in [-0.15, -0.1) is 0 Å². The highest BCUT2D eigenvalue weighted by Gasteiger charge is 2.21. The molecule has 0 aliphatic carbocycles. The first-order chi connectivity index (χ1) is 6.91. The van der Waals surface area contributed by atoms with E-state index < -0.39 is 0 Å². The third-order valence-electron chi connectivity index (χ3n) is 3.10. The summed E-state index contributed by atoms with van der Waals surface area (Å²) >= 11 is 0. The molecule has 0 amide bonds. The first-order valence-electron chi connectivity index (χ1n) is 5.72. The van der Waals surface area contributed by atoms with Gasteiger partial charge in [0.1, 0.15) is 0 Å². The minimum atomic E-state index is 0.309. The SMILES string of the molecule is CC(N[C@H](C)c1ccccc1)C(C)(C)C. The summed E-state index contributed by atoms with van der Waals surface area (Å²) in [6.45, 7) is 11.3. The molecule has 0 fully saturated rings. The molecule has 1 N–H and O–H groups in total. The van der Waals surface area contributed by atoms with Crippen LogP contribution in [0.5, 0.6) is 0 Å². The van der Waals surface area contributed by atoms with Crippen LogP contribution in [0.25, 0.3) is 0 Å². The second kappa shape index (κ2) is 4.80. The Kier molecular flexibility index (Phi) is 3.92. The van der Waals surface area contributed by atoms with Crippen molar-refractivity contribution in [3.05, 3.63) is 35.9 Å². The molecular weight excluding hydrogens is 182 g/mol. The monoisotopic (exact) mass is 205 g/mol. The largest absolute Gasteiger partial charge is 0.307 e. The Morgan fingerprint density at radius 3 is 2.00 bits per heavy atom. The summed E-state index contributed by atoms with van der Waals surface area (Å²) in [7, 11) is 0. The molecule has 0 aliphatic rings. The molecule has 0 heterocycles. The number of rotatable bonds is 3. The Morgan fingerprint density at radius 1 is 1.00 bits per heavy atom. The van der Waals surface area contributed by atoms with Gasteiger partial charge in [0.15, 0.2) is 0 Å². The summed E-state index contributed by atoms with van der Waals surface area (Å²) in [6.07, 6.45) is 0. The van der Waals surface area contributed by atoms with E-state index in [-0.39, 0.29) is 0 Å². The summed E-state index contributed by atoms with van der Waals surface area (Å²) < 4.78 is 0. The van der Waals surface area contributed by atoms with Crippen molar-refractivity contribution in [2.75, 3.05) is 0 Å². The fourth-order valence-corrected chi connectivity index (χ4v) is 1.46. The number of hydrogen-bond donors (Lipinski definition) is 1. The van der Waals surface area contributed by atoms with E-state index in [1.54, 1.807) is 0 Å². The molecule has 0 saturated carbocycles. The Balaban J connectivity index is 2.61. The summed E-state index contributed by atoms with van der Waals surface area (Å²) in [5.74, 6) is 0. The molecule has 1 nitrogen and oxygen atoms in total. The van der Waals surface area contributed by atoms with Crippen LogP contribution in [0.1, 0.15) is 46.2 Å². The maximum absolute atomic E-state index is 3.64. The van der Waals surface area contributed by atoms with E-state index in [9.17, 15) is 0 Å². The van der Waals surface area contributed by atoms with E-state index in [0.29, 0.717) is 17.5 Å². The second-order valence-electron chi connectivity index (χ2n) is 5.39. The molecule has 0 aromatic heterocycles. The fourth-order valence-electron chi connectivity index (χ4n) is 1.46. The van der Waals surface area contributed by atoms with Crippen LogP contribution in [-0.4, -0.2) is 6.04 Å². The van der Waals surface area contributed by atoms with Crippen LogP contribution in [0.4, 0.5) is 0 Å². The van der Waals surface area contributed by atoms with E-state index in [4.69, 9.17) is 0 Å². The van der Waals surface area contributed by atoms with Crippen LogP contribution in [0.15, 0.2) is 30.3 Å². The lowest BCUT2D eigenvalue weighted by molar-refractivity contribution is 0.268. The maximum Gasteiger partial charge on any atom is 0.0294 e. The third kappa shape index (κ3) is 3.67. The molecule has 0 spiro atoms. The predicted octanol–water partition coefficient (Wildman–Crippen LogP) is 3.77. The molecule has 0 radical (unpaired) electrons. The Hall–Kier alpha value is -0.820. The van der Waals surface area contributed by atoms with Gasteiger partial charge in [0.05, 0.1) is 0 Å². The minimum Gasteiger partial charge on any atom is -0.307 e. The lowest BCUT2D eigenvalue weighted by Crippen LogP contribution is -2.39. The summed E-state index contributed by atoms with van der Waals surface area (Å²) in [6, 6.07) is 11.5. The zero-order chi connectivity index (χ0) is 11.5. The molecule has 0 saturated heterocycles. The standard InChI is InChI=1S/C14H23N/c1-11(13-9-7-6-8-10-13)15-12(2)14(3,4)5/h6-12,15H,1-5H3/t11-,12?/m1/s1. The fraction of sp³-hybridized carbons (Fsp3) is 0.571. The second-order valence-corrected chi connectivity index (χ2v) is 5.39. The summed E-state index contributed by atoms with van der Waals surface area (Å²) in [5.41, 5.74) is 1.66. The first-order valence-corrected chi connectivity index (χ1v) is 5.72. The van der Waals surface area contributed by atoms with Crippen molar-refractivity contribution in [3.63, 3.8) is 0 Å². The molecule has 1 aromatic carbocycles. The molecule has 2 atom stereocenters. The lowest BCUT2D eigenvalue weighted by Gasteiger charge is -2.31. The van der Waals surface area contributed by atoms with Crippen LogP contribution in [-0.2, 0) is 0 Å². The number of benzene rings is 1. The van der Waals surface area contributed by atoms with E-state index in [1.807, 2.05) is 0 Å². The van der Waals surface area contributed by atoms with Crippen LogP contribution >= 0.6 is 0 Å². The minimum absolute atomic E-state index is 0.309. The molecule has 15 heavy (non-hydrogen) atoms. The Labute approximate surface area is 93.9 Å². The van der Waals surface area contributed by atoms with Gasteiger partial charge in [-0.25, -0.2) is 0 Å². The molecule has 0 aliphatic heterocycles. The van der Waals surface area contributed by atoms with Crippen molar-refractivity contribution < 1.29 is 0 Å². The quantitative estimate of drug-likeness (QED) is 0.792. The van der Waals surface area contributed by atoms with Gasteiger partial charge in [0.25, 0.3) is 0 Å². The van der Waals surface area contributed by atoms with E-state index in [0.717, 1.165) is 0 Å². The highest BCUT2D eigenvalue weighted by Crippen LogP contribution is 2.22. The van der Waals surface area contributed by atoms with Crippen molar-refractivity contribution >= 4 is 0 Å². The van der Waals surface area contributed by atoms with Gasteiger partial charge in [-0.2, -0.15) is 0 Å². The molecule has 1 aromatic rings. The maximum atomic E-state index is 3.64. The molecule has 1 unspecified atom stereocenters. The van der Waals surface area contributed by atoms with Crippen molar-refractivity contribution in [1.29, 1.82) is 0 Å². The van der Waals surface area contributed by atoms with Gasteiger partial charge in [-0.3, -0.25) is 0 Å². The average molecular weight is 205 g/mol. The lowest BCUT2D eigenvalue weighted by atomic mass is 9.87. The van der Waals surface area contributed by atoms with E-state index in [2.05, 4.69) is 70.3 Å². The smallest absolute Gasteiger partial charge is 0.0294 e. The topological polar surface area (TPSA) is 12.0 Å². The third-order valence-corrected chi connectivity index (χ3v) is 3.10. The van der Waals surface area contributed by atoms with Crippen molar-refractivity contribution in [3.8, 4) is 0 Å². The Bertz CT molecular complexity index is 284. The normalized spacial score (nSPS) is 16.1. The molecular formula is C14H23N. The molecule has 1 rings (SSSR count). The van der Waals surface area contributed by atoms with Crippen molar-refractivity contribution in [2.45, 2.75) is 46.7 Å². The first kappa shape index (κ1) is 12.3. The molecule has 84 valence electrons. The van der Waals surface area contributed by atoms with Gasteiger partial charge < -0.3 is 5.32 Å². The van der Waals surface area contributed by atoms with E-state index >= 15 is 0 Å². The van der Waals surface area contributed by atoms with Crippen LogP contribution in [0.2, 0.25) is 0 Å². The Morgan fingerprint density at radius 2 is 1.53 bits per heavy atom. The van der Waals surface area contributed by atoms with Gasteiger partial charge >= 0.3 is 0 Å². The zero-order valence-corrected chi connectivity index (χ0v) is 10.5. The van der Waals surface area contributed by atoms with Gasteiger partial charge in [-0.1, -0.05) is 51.1 Å². The van der Waals surface area contributed by atoms with Crippen LogP contribution < -0.4 is 5.32 Å². The summed E-state index contributed by atoms with van der Waals surface area (Å²) in [4.78, 5) is 0. The number of hydrogen-bond acceptors (Lipinski definition) is 1. The predicted molar refractivity (Wildman–Crippen MR) is 66.9 cm³/mol. The molecule has 1 heteroatoms. The van der Waals surface area contributed by atoms with Crippen molar-refractivity contribution in [1.82, 2.24) is 5.32 Å². The van der Waals surface area contributed by atoms with Gasteiger partial charge in [0, 0.05) is 12.1 Å². The van der Waals surface area contributed by atoms with Gasteiger partial charge in [0.2, 0.25) is 0 Å². The zero-order valence-electron chi connectivity index (χ0n) is 10.5. The number of nitrogens with one attached hydrogen (secondary N) is 1. The highest BCUT2D eigenvalue weighted by molar-refractivity contribution is 5.18. The average Bonchev–Trinajstić information content (AvgIpc) is 2.17. The van der Waals surface area contributed by atoms with Crippen LogP contribution in [0.3, 0.4) is 0 Å².